The van der Waals surface area contributed by atoms with Gasteiger partial charge in [-0.15, -0.1) is 0 Å². The molecule has 168 valence electrons. The topological polar surface area (TPSA) is 18.5 Å². The van der Waals surface area contributed by atoms with Gasteiger partial charge in [0.05, 0.1) is 40.5 Å². The Hall–Kier alpha value is -0.260. The molecule has 0 spiro atoms. The fraction of sp³-hybridized carbons (Fsp3) is 0.500. The molecule has 0 N–H and O–H groups in total. The van der Waals surface area contributed by atoms with Crippen LogP contribution in [0.2, 0.25) is 0 Å². The second-order valence-corrected chi connectivity index (χ2v) is 8.66. The van der Waals surface area contributed by atoms with Crippen LogP contribution < -0.4 is 48.0 Å². The van der Waals surface area contributed by atoms with Crippen LogP contribution in [0, 0.1) is 0 Å². The number of halogens is 2. The Labute approximate surface area is 216 Å². The van der Waals surface area contributed by atoms with Gasteiger partial charge in [-0.2, -0.15) is 0 Å². The minimum atomic E-state index is 0. The third kappa shape index (κ3) is 9.48. The van der Waals surface area contributed by atoms with Crippen molar-refractivity contribution in [2.45, 2.75) is 13.2 Å². The molecule has 4 nitrogen and oxygen atoms in total. The van der Waals surface area contributed by atoms with Crippen molar-refractivity contribution in [3.63, 3.8) is 0 Å². The lowest BCUT2D eigenvalue weighted by Crippen LogP contribution is -3.00. The van der Waals surface area contributed by atoms with Gasteiger partial charge in [0, 0.05) is 0 Å². The van der Waals surface area contributed by atoms with Crippen LogP contribution in [-0.4, -0.2) is 75.5 Å². The summed E-state index contributed by atoms with van der Waals surface area (Å²) in [7, 11) is 4.75. The molecule has 2 aromatic rings. The summed E-state index contributed by atoms with van der Waals surface area (Å²) in [6.45, 7) is 10.1. The summed E-state index contributed by atoms with van der Waals surface area (Å²) >= 11 is 0. The number of rotatable bonds is 10. The lowest BCUT2D eigenvalue weighted by atomic mass is 10.2. The standard InChI is InChI=1S/C24H36N2O2.2HI/c1-25(17-19-27-21-23-9-5-3-6-10-23)13-15-26(2,16-14-25)18-20-28-22-24-11-7-4-8-12-24;;/h3-12H,13-22H2,1-2H3;2*1H/q+2;;/p-2. The van der Waals surface area contributed by atoms with E-state index in [9.17, 15) is 0 Å². The number of hydrogen-bond donors (Lipinski definition) is 0. The first-order valence-electron chi connectivity index (χ1n) is 10.5. The maximum absolute atomic E-state index is 5.92. The molecule has 0 aliphatic carbocycles. The van der Waals surface area contributed by atoms with Crippen LogP contribution in [0.15, 0.2) is 60.7 Å². The van der Waals surface area contributed by atoms with Gasteiger partial charge in [-0.1, -0.05) is 60.7 Å². The summed E-state index contributed by atoms with van der Waals surface area (Å²) in [5.41, 5.74) is 2.51. The largest absolute Gasteiger partial charge is 1.00 e. The summed E-state index contributed by atoms with van der Waals surface area (Å²) in [6, 6.07) is 20.9. The Morgan fingerprint density at radius 3 is 1.27 bits per heavy atom. The smallest absolute Gasteiger partial charge is 0.129 e. The number of hydrogen-bond acceptors (Lipinski definition) is 2. The number of nitrogens with zero attached hydrogens (tertiary/aromatic N) is 2. The van der Waals surface area contributed by atoms with E-state index in [-0.39, 0.29) is 48.0 Å². The SMILES string of the molecule is C[N+]1(CCOCc2ccccc2)CC[N+](C)(CCOCc2ccccc2)CC1.[I-].[I-]. The number of piperazine rings is 1. The summed E-state index contributed by atoms with van der Waals surface area (Å²) in [6.07, 6.45) is 0. The highest BCUT2D eigenvalue weighted by Crippen LogP contribution is 2.16. The molecule has 1 aliphatic heterocycles. The third-order valence-electron chi connectivity index (χ3n) is 6.13. The van der Waals surface area contributed by atoms with Gasteiger partial charge in [-0.05, 0) is 11.1 Å². The molecule has 0 atom stereocenters. The van der Waals surface area contributed by atoms with Crippen molar-refractivity contribution in [1.29, 1.82) is 0 Å². The fourth-order valence-electron chi connectivity index (χ4n) is 3.73. The van der Waals surface area contributed by atoms with Crippen molar-refractivity contribution >= 4 is 0 Å². The van der Waals surface area contributed by atoms with E-state index >= 15 is 0 Å². The van der Waals surface area contributed by atoms with E-state index in [2.05, 4.69) is 62.6 Å². The Morgan fingerprint density at radius 2 is 0.933 bits per heavy atom. The Kier molecular flexibility index (Phi) is 13.0. The van der Waals surface area contributed by atoms with E-state index in [1.807, 2.05) is 12.1 Å². The minimum absolute atomic E-state index is 0. The maximum atomic E-state index is 5.92. The second kappa shape index (κ2) is 14.0. The molecular formula is C24H36I2N2O2. The van der Waals surface area contributed by atoms with E-state index < -0.39 is 0 Å². The van der Waals surface area contributed by atoms with Crippen molar-refractivity contribution in [3.05, 3.63) is 71.8 Å². The zero-order valence-electron chi connectivity index (χ0n) is 18.3. The van der Waals surface area contributed by atoms with Crippen molar-refractivity contribution in [1.82, 2.24) is 0 Å². The van der Waals surface area contributed by atoms with Gasteiger partial charge < -0.3 is 66.4 Å². The Bertz CT molecular complexity index is 631. The monoisotopic (exact) mass is 638 g/mol. The summed E-state index contributed by atoms with van der Waals surface area (Å²) in [5.74, 6) is 0. The van der Waals surface area contributed by atoms with Crippen molar-refractivity contribution < 1.29 is 66.4 Å². The van der Waals surface area contributed by atoms with Crippen LogP contribution in [-0.2, 0) is 22.7 Å². The molecular weight excluding hydrogens is 602 g/mol. The average Bonchev–Trinajstić information content (AvgIpc) is 2.73. The van der Waals surface area contributed by atoms with Gasteiger partial charge in [-0.3, -0.25) is 0 Å². The van der Waals surface area contributed by atoms with Gasteiger partial charge in [0.25, 0.3) is 0 Å². The molecule has 0 aromatic heterocycles. The highest BCUT2D eigenvalue weighted by Gasteiger charge is 2.36. The molecule has 1 fully saturated rings. The Morgan fingerprint density at radius 1 is 0.600 bits per heavy atom. The number of likely N-dealkylation sites (N-methyl/N-ethyl adjacent to an activating group) is 2. The summed E-state index contributed by atoms with van der Waals surface area (Å²) in [4.78, 5) is 0. The van der Waals surface area contributed by atoms with E-state index in [4.69, 9.17) is 9.47 Å². The van der Waals surface area contributed by atoms with Gasteiger partial charge in [0.2, 0.25) is 0 Å². The first kappa shape index (κ1) is 27.8. The molecule has 6 heteroatoms. The van der Waals surface area contributed by atoms with Crippen molar-refractivity contribution in [2.24, 2.45) is 0 Å². The van der Waals surface area contributed by atoms with Crippen LogP contribution in [0.4, 0.5) is 0 Å². The van der Waals surface area contributed by atoms with Crippen LogP contribution in [0.5, 0.6) is 0 Å². The molecule has 0 radical (unpaired) electrons. The molecule has 3 rings (SSSR count). The predicted octanol–water partition coefficient (Wildman–Crippen LogP) is -2.67. The third-order valence-corrected chi connectivity index (χ3v) is 6.13. The van der Waals surface area contributed by atoms with Crippen LogP contribution in [0.3, 0.4) is 0 Å². The fourth-order valence-corrected chi connectivity index (χ4v) is 3.73. The lowest BCUT2D eigenvalue weighted by Gasteiger charge is -2.46. The number of quaternary nitrogens is 2. The van der Waals surface area contributed by atoms with Gasteiger partial charge in [0.15, 0.2) is 0 Å². The number of benzene rings is 2. The van der Waals surface area contributed by atoms with Crippen LogP contribution in [0.25, 0.3) is 0 Å². The second-order valence-electron chi connectivity index (χ2n) is 8.66. The molecule has 0 amide bonds. The molecule has 0 bridgehead atoms. The summed E-state index contributed by atoms with van der Waals surface area (Å²) in [5, 5.41) is 0. The normalized spacial score (nSPS) is 23.3. The molecule has 30 heavy (non-hydrogen) atoms. The quantitative estimate of drug-likeness (QED) is 0.161. The molecule has 2 aromatic carbocycles. The van der Waals surface area contributed by atoms with Gasteiger partial charge >= 0.3 is 0 Å². The Balaban J connectivity index is 0.00000225. The van der Waals surface area contributed by atoms with Crippen molar-refractivity contribution in [2.75, 3.05) is 66.6 Å². The van der Waals surface area contributed by atoms with Gasteiger partial charge in [-0.25, -0.2) is 0 Å². The van der Waals surface area contributed by atoms with E-state index in [0.29, 0.717) is 13.2 Å². The number of ether oxygens (including phenoxy) is 2. The van der Waals surface area contributed by atoms with Gasteiger partial charge in [0.1, 0.15) is 39.3 Å². The first-order valence-corrected chi connectivity index (χ1v) is 10.5. The highest BCUT2D eigenvalue weighted by atomic mass is 127. The molecule has 1 saturated heterocycles. The zero-order valence-corrected chi connectivity index (χ0v) is 22.6. The lowest BCUT2D eigenvalue weighted by molar-refractivity contribution is -1.02. The van der Waals surface area contributed by atoms with Crippen LogP contribution in [0.1, 0.15) is 11.1 Å². The molecule has 0 unspecified atom stereocenters. The molecule has 1 aliphatic rings. The average molecular weight is 638 g/mol. The van der Waals surface area contributed by atoms with E-state index in [1.54, 1.807) is 0 Å². The highest BCUT2D eigenvalue weighted by molar-refractivity contribution is 5.14. The minimum Gasteiger partial charge on any atom is -1.00 e. The van der Waals surface area contributed by atoms with E-state index in [1.165, 1.54) is 37.3 Å². The molecule has 1 heterocycles. The first-order chi connectivity index (χ1) is 13.6. The predicted molar refractivity (Wildman–Crippen MR) is 114 cm³/mol. The maximum Gasteiger partial charge on any atom is 0.129 e. The zero-order chi connectivity index (χ0) is 19.7. The van der Waals surface area contributed by atoms with Crippen LogP contribution >= 0.6 is 0 Å². The van der Waals surface area contributed by atoms with Crippen molar-refractivity contribution in [3.8, 4) is 0 Å². The molecule has 0 saturated carbocycles. The summed E-state index contributed by atoms with van der Waals surface area (Å²) < 4.78 is 14.1. The van der Waals surface area contributed by atoms with E-state index in [0.717, 1.165) is 35.3 Å².